The second kappa shape index (κ2) is 5.49. The van der Waals surface area contributed by atoms with Crippen molar-refractivity contribution in [1.29, 1.82) is 0 Å². The lowest BCUT2D eigenvalue weighted by Gasteiger charge is -2.36. The van der Waals surface area contributed by atoms with E-state index in [1.54, 1.807) is 0 Å². The fraction of sp³-hybridized carbons (Fsp3) is 0.833. The van der Waals surface area contributed by atoms with Crippen molar-refractivity contribution in [2.45, 2.75) is 25.7 Å². The molecule has 0 aromatic rings. The molecule has 17 heavy (non-hydrogen) atoms. The van der Waals surface area contributed by atoms with Gasteiger partial charge in [-0.1, -0.05) is 0 Å². The Kier molecular flexibility index (Phi) is 3.99. The van der Waals surface area contributed by atoms with Crippen molar-refractivity contribution >= 4 is 11.9 Å². The molecular weight excluding hydrogens is 220 g/mol. The summed E-state index contributed by atoms with van der Waals surface area (Å²) in [4.78, 5) is 26.4. The van der Waals surface area contributed by atoms with Crippen LogP contribution in [0, 0.1) is 5.92 Å². The average Bonchev–Trinajstić information content (AvgIpc) is 2.13. The molecule has 2 saturated heterocycles. The van der Waals surface area contributed by atoms with Gasteiger partial charge in [-0.2, -0.15) is 0 Å². The first-order valence-electron chi connectivity index (χ1n) is 6.37. The van der Waals surface area contributed by atoms with Crippen LogP contribution in [0.1, 0.15) is 25.7 Å². The number of hydrogen-bond acceptors (Lipinski definition) is 3. The third-order valence-corrected chi connectivity index (χ3v) is 3.63. The minimum Gasteiger partial charge on any atom is -0.481 e. The van der Waals surface area contributed by atoms with Crippen LogP contribution in [0.2, 0.25) is 0 Å². The van der Waals surface area contributed by atoms with Crippen LogP contribution in [0.25, 0.3) is 0 Å². The summed E-state index contributed by atoms with van der Waals surface area (Å²) >= 11 is 0. The summed E-state index contributed by atoms with van der Waals surface area (Å²) in [7, 11) is 0. The molecule has 2 aliphatic rings. The van der Waals surface area contributed by atoms with E-state index in [2.05, 4.69) is 4.90 Å². The van der Waals surface area contributed by atoms with Gasteiger partial charge < -0.3 is 10.0 Å². The molecule has 1 unspecified atom stereocenters. The van der Waals surface area contributed by atoms with Crippen molar-refractivity contribution in [3.05, 3.63) is 0 Å². The lowest BCUT2D eigenvalue weighted by Crippen LogP contribution is -2.49. The molecule has 1 amide bonds. The van der Waals surface area contributed by atoms with Crippen molar-refractivity contribution in [3.8, 4) is 0 Å². The Morgan fingerprint density at radius 1 is 1.18 bits per heavy atom. The number of carbonyl (C=O) groups excluding carboxylic acids is 1. The number of aliphatic carboxylic acids is 1. The van der Waals surface area contributed by atoms with Gasteiger partial charge in [-0.05, 0) is 31.7 Å². The molecule has 1 atom stereocenters. The highest BCUT2D eigenvalue weighted by Crippen LogP contribution is 2.19. The van der Waals surface area contributed by atoms with Crippen LogP contribution in [0.4, 0.5) is 0 Å². The number of likely N-dealkylation sites (tertiary alicyclic amines) is 2. The Morgan fingerprint density at radius 3 is 2.53 bits per heavy atom. The molecule has 0 spiro atoms. The third kappa shape index (κ3) is 3.43. The molecular formula is C12H20N2O3. The molecule has 0 bridgehead atoms. The van der Waals surface area contributed by atoms with Crippen molar-refractivity contribution in [2.75, 3.05) is 32.7 Å². The van der Waals surface area contributed by atoms with Gasteiger partial charge in [0.25, 0.3) is 0 Å². The summed E-state index contributed by atoms with van der Waals surface area (Å²) in [5.74, 6) is -0.316. The number of nitrogens with zero attached hydrogens (tertiary/aromatic N) is 2. The van der Waals surface area contributed by atoms with E-state index in [1.165, 1.54) is 0 Å². The molecule has 2 rings (SSSR count). The first-order chi connectivity index (χ1) is 8.15. The van der Waals surface area contributed by atoms with Gasteiger partial charge in [0.15, 0.2) is 0 Å². The summed E-state index contributed by atoms with van der Waals surface area (Å²) in [6, 6.07) is 0. The van der Waals surface area contributed by atoms with Gasteiger partial charge in [-0.15, -0.1) is 0 Å². The Balaban J connectivity index is 1.76. The molecule has 5 heteroatoms. The number of rotatable bonds is 4. The quantitative estimate of drug-likeness (QED) is 0.773. The van der Waals surface area contributed by atoms with Crippen LogP contribution >= 0.6 is 0 Å². The van der Waals surface area contributed by atoms with E-state index in [4.69, 9.17) is 5.11 Å². The maximum Gasteiger partial charge on any atom is 0.303 e. The molecule has 0 aliphatic carbocycles. The Labute approximate surface area is 101 Å². The maximum atomic E-state index is 11.8. The summed E-state index contributed by atoms with van der Waals surface area (Å²) in [5.41, 5.74) is 0. The zero-order valence-corrected chi connectivity index (χ0v) is 10.1. The molecule has 96 valence electrons. The van der Waals surface area contributed by atoms with Crippen LogP contribution in [-0.4, -0.2) is 59.5 Å². The molecule has 2 heterocycles. The molecule has 0 radical (unpaired) electrons. The van der Waals surface area contributed by atoms with Crippen LogP contribution in [-0.2, 0) is 9.59 Å². The first kappa shape index (κ1) is 12.4. The van der Waals surface area contributed by atoms with Crippen LogP contribution < -0.4 is 0 Å². The topological polar surface area (TPSA) is 60.9 Å². The molecule has 0 aromatic carbocycles. The number of carboxylic acid groups (broad SMARTS) is 1. The standard InChI is InChI=1S/C12H20N2O3/c15-11(14-5-2-6-14)9-13-4-1-3-10(8-13)7-12(16)17/h10H,1-9H2,(H,16,17). The van der Waals surface area contributed by atoms with E-state index in [9.17, 15) is 9.59 Å². The lowest BCUT2D eigenvalue weighted by molar-refractivity contribution is -0.138. The Morgan fingerprint density at radius 2 is 1.94 bits per heavy atom. The van der Waals surface area contributed by atoms with E-state index >= 15 is 0 Å². The maximum absolute atomic E-state index is 11.8. The average molecular weight is 240 g/mol. The molecule has 2 fully saturated rings. The van der Waals surface area contributed by atoms with Gasteiger partial charge >= 0.3 is 5.97 Å². The monoisotopic (exact) mass is 240 g/mol. The third-order valence-electron chi connectivity index (χ3n) is 3.63. The zero-order chi connectivity index (χ0) is 12.3. The molecule has 2 aliphatic heterocycles. The van der Waals surface area contributed by atoms with E-state index in [-0.39, 0.29) is 18.2 Å². The summed E-state index contributed by atoms with van der Waals surface area (Å²) in [6.45, 7) is 3.94. The minimum absolute atomic E-state index is 0.201. The highest BCUT2D eigenvalue weighted by molar-refractivity contribution is 5.79. The number of carboxylic acids is 1. The predicted octanol–water partition coefficient (Wildman–Crippen LogP) is 0.405. The highest BCUT2D eigenvalue weighted by atomic mass is 16.4. The van der Waals surface area contributed by atoms with E-state index in [0.717, 1.165) is 45.4 Å². The Bertz CT molecular complexity index is 302. The molecule has 0 aromatic heterocycles. The van der Waals surface area contributed by atoms with E-state index < -0.39 is 5.97 Å². The fourth-order valence-corrected chi connectivity index (χ4v) is 2.57. The Hall–Kier alpha value is -1.10. The smallest absolute Gasteiger partial charge is 0.303 e. The number of piperidine rings is 1. The second-order valence-corrected chi connectivity index (χ2v) is 5.08. The van der Waals surface area contributed by atoms with Crippen LogP contribution in [0.15, 0.2) is 0 Å². The van der Waals surface area contributed by atoms with Gasteiger partial charge in [-0.25, -0.2) is 0 Å². The van der Waals surface area contributed by atoms with Gasteiger partial charge in [0.05, 0.1) is 6.54 Å². The van der Waals surface area contributed by atoms with Crippen molar-refractivity contribution in [3.63, 3.8) is 0 Å². The molecule has 5 nitrogen and oxygen atoms in total. The molecule has 0 saturated carbocycles. The van der Waals surface area contributed by atoms with Crippen LogP contribution in [0.5, 0.6) is 0 Å². The van der Waals surface area contributed by atoms with Gasteiger partial charge in [0.1, 0.15) is 0 Å². The summed E-state index contributed by atoms with van der Waals surface area (Å²) < 4.78 is 0. The second-order valence-electron chi connectivity index (χ2n) is 5.08. The van der Waals surface area contributed by atoms with Gasteiger partial charge in [0.2, 0.25) is 5.91 Å². The van der Waals surface area contributed by atoms with Gasteiger partial charge in [0, 0.05) is 26.1 Å². The first-order valence-corrected chi connectivity index (χ1v) is 6.37. The summed E-state index contributed by atoms with van der Waals surface area (Å²) in [5, 5.41) is 8.78. The minimum atomic E-state index is -0.731. The van der Waals surface area contributed by atoms with Crippen molar-refractivity contribution in [2.24, 2.45) is 5.92 Å². The van der Waals surface area contributed by atoms with E-state index in [0.29, 0.717) is 6.54 Å². The number of carbonyl (C=O) groups is 2. The summed E-state index contributed by atoms with van der Waals surface area (Å²) in [6.07, 6.45) is 3.33. The highest BCUT2D eigenvalue weighted by Gasteiger charge is 2.26. The number of amides is 1. The molecule has 1 N–H and O–H groups in total. The van der Waals surface area contributed by atoms with E-state index in [1.807, 2.05) is 4.90 Å². The SMILES string of the molecule is O=C(O)CC1CCCN(CC(=O)N2CCC2)C1. The van der Waals surface area contributed by atoms with Crippen LogP contribution in [0.3, 0.4) is 0 Å². The van der Waals surface area contributed by atoms with Gasteiger partial charge in [-0.3, -0.25) is 14.5 Å². The lowest BCUT2D eigenvalue weighted by atomic mass is 9.95. The normalized spacial score (nSPS) is 25.4. The predicted molar refractivity (Wildman–Crippen MR) is 62.6 cm³/mol. The fourth-order valence-electron chi connectivity index (χ4n) is 2.57. The number of hydrogen-bond donors (Lipinski definition) is 1. The van der Waals surface area contributed by atoms with Crippen molar-refractivity contribution < 1.29 is 14.7 Å². The largest absolute Gasteiger partial charge is 0.481 e. The van der Waals surface area contributed by atoms with Crippen molar-refractivity contribution in [1.82, 2.24) is 9.80 Å². The zero-order valence-electron chi connectivity index (χ0n) is 10.1.